The van der Waals surface area contributed by atoms with E-state index in [2.05, 4.69) is 55.7 Å². The molecule has 4 nitrogen and oxygen atoms in total. The van der Waals surface area contributed by atoms with E-state index in [9.17, 15) is 0 Å². The largest absolute Gasteiger partial charge is 0.377 e. The molecule has 0 bridgehead atoms. The first-order chi connectivity index (χ1) is 12.4. The molecule has 3 aromatic rings. The van der Waals surface area contributed by atoms with Gasteiger partial charge < -0.3 is 4.74 Å². The van der Waals surface area contributed by atoms with E-state index in [1.54, 1.807) is 0 Å². The number of rotatable bonds is 8. The third kappa shape index (κ3) is 4.22. The number of ether oxygens (including phenoxy) is 1. The van der Waals surface area contributed by atoms with Gasteiger partial charge in [0.15, 0.2) is 0 Å². The molecular weight excluding hydrogens is 441 g/mol. The molecule has 0 aliphatic rings. The molecule has 25 heavy (non-hydrogen) atoms. The zero-order valence-electron chi connectivity index (χ0n) is 13.8. The molecule has 128 valence electrons. The fraction of sp³-hybridized carbons (Fsp3) is 0.211. The Morgan fingerprint density at radius 2 is 1.24 bits per heavy atom. The van der Waals surface area contributed by atoms with Crippen molar-refractivity contribution >= 4 is 45.8 Å². The van der Waals surface area contributed by atoms with Crippen LogP contribution in [0, 0.1) is 0 Å². The van der Waals surface area contributed by atoms with Gasteiger partial charge in [0.2, 0.25) is 0 Å². The zero-order valence-corrected chi connectivity index (χ0v) is 16.9. The van der Waals surface area contributed by atoms with E-state index >= 15 is 0 Å². The van der Waals surface area contributed by atoms with Crippen molar-refractivity contribution in [2.75, 3.05) is 23.8 Å². The SMILES string of the molecule is [124I]CCOCC[P+](c1cccnc1)(c1cccnc1)c1cccnc1. The lowest BCUT2D eigenvalue weighted by Crippen LogP contribution is -2.35. The Morgan fingerprint density at radius 1 is 0.760 bits per heavy atom. The fourth-order valence-electron chi connectivity index (χ4n) is 2.93. The average Bonchev–Trinajstić information content (AvgIpc) is 2.70. The summed E-state index contributed by atoms with van der Waals surface area (Å²) >= 11 is 2.34. The van der Waals surface area contributed by atoms with Gasteiger partial charge in [-0.1, -0.05) is 22.6 Å². The van der Waals surface area contributed by atoms with Crippen molar-refractivity contribution in [1.82, 2.24) is 15.0 Å². The molecular formula is C19H20IN3OP+. The van der Waals surface area contributed by atoms with Gasteiger partial charge in [0.05, 0.1) is 38.0 Å². The first-order valence-electron chi connectivity index (χ1n) is 8.11. The van der Waals surface area contributed by atoms with Gasteiger partial charge in [0.1, 0.15) is 23.2 Å². The first kappa shape index (κ1) is 18.4. The van der Waals surface area contributed by atoms with E-state index in [0.29, 0.717) is 6.61 Å². The summed E-state index contributed by atoms with van der Waals surface area (Å²) in [5.74, 6) is 0. The molecule has 0 aliphatic heterocycles. The van der Waals surface area contributed by atoms with E-state index in [1.165, 1.54) is 15.9 Å². The molecule has 0 saturated carbocycles. The van der Waals surface area contributed by atoms with Gasteiger partial charge in [-0.25, -0.2) is 0 Å². The van der Waals surface area contributed by atoms with Crippen molar-refractivity contribution in [3.05, 3.63) is 73.6 Å². The van der Waals surface area contributed by atoms with Gasteiger partial charge in [-0.15, -0.1) is 0 Å². The fourth-order valence-corrected chi connectivity index (χ4v) is 7.13. The number of pyridine rings is 3. The van der Waals surface area contributed by atoms with Crippen LogP contribution < -0.4 is 15.9 Å². The topological polar surface area (TPSA) is 47.9 Å². The minimum atomic E-state index is -1.91. The van der Waals surface area contributed by atoms with E-state index in [-0.39, 0.29) is 0 Å². The van der Waals surface area contributed by atoms with Crippen LogP contribution >= 0.6 is 29.9 Å². The highest BCUT2D eigenvalue weighted by atomic mass is 124. The second-order valence-electron chi connectivity index (χ2n) is 5.47. The normalized spacial score (nSPS) is 11.4. The maximum absolute atomic E-state index is 5.86. The second kappa shape index (κ2) is 9.32. The summed E-state index contributed by atoms with van der Waals surface area (Å²) in [5, 5.41) is 3.69. The van der Waals surface area contributed by atoms with Gasteiger partial charge in [-0.05, 0) is 36.4 Å². The van der Waals surface area contributed by atoms with Crippen molar-refractivity contribution < 1.29 is 4.74 Å². The molecule has 0 aromatic carbocycles. The van der Waals surface area contributed by atoms with Crippen molar-refractivity contribution in [2.45, 2.75) is 0 Å². The molecule has 0 saturated heterocycles. The monoisotopic (exact) mass is 461 g/mol. The number of aromatic nitrogens is 3. The third-order valence-corrected chi connectivity index (χ3v) is 8.78. The Labute approximate surface area is 162 Å². The summed E-state index contributed by atoms with van der Waals surface area (Å²) in [6.45, 7) is 1.48. The van der Waals surface area contributed by atoms with Crippen LogP contribution in [0.2, 0.25) is 0 Å². The smallest absolute Gasteiger partial charge is 0.123 e. The van der Waals surface area contributed by atoms with Crippen LogP contribution in [0.5, 0.6) is 0 Å². The Morgan fingerprint density at radius 3 is 1.60 bits per heavy atom. The summed E-state index contributed by atoms with van der Waals surface area (Å²) in [5.41, 5.74) is 0. The first-order valence-corrected chi connectivity index (χ1v) is 11.6. The molecule has 0 N–H and O–H groups in total. The van der Waals surface area contributed by atoms with Crippen LogP contribution in [0.4, 0.5) is 0 Å². The zero-order chi connectivity index (χ0) is 17.4. The minimum absolute atomic E-state index is 0.704. The van der Waals surface area contributed by atoms with Gasteiger partial charge in [-0.2, -0.15) is 0 Å². The third-order valence-electron chi connectivity index (χ3n) is 4.05. The average molecular weight is 461 g/mol. The van der Waals surface area contributed by atoms with E-state index in [1.807, 2.05) is 55.4 Å². The van der Waals surface area contributed by atoms with Gasteiger partial charge in [-0.3, -0.25) is 15.0 Å². The lowest BCUT2D eigenvalue weighted by Gasteiger charge is -2.26. The summed E-state index contributed by atoms with van der Waals surface area (Å²) in [7, 11) is -1.91. The summed E-state index contributed by atoms with van der Waals surface area (Å²) in [6.07, 6.45) is 12.3. The molecule has 0 atom stereocenters. The van der Waals surface area contributed by atoms with Crippen LogP contribution in [-0.4, -0.2) is 38.8 Å². The van der Waals surface area contributed by atoms with Crippen LogP contribution in [0.3, 0.4) is 0 Å². The molecule has 0 radical (unpaired) electrons. The molecule has 0 amide bonds. The van der Waals surface area contributed by atoms with E-state index in [4.69, 9.17) is 4.74 Å². The highest BCUT2D eigenvalue weighted by molar-refractivity contribution is 14.1. The van der Waals surface area contributed by atoms with Crippen LogP contribution in [0.25, 0.3) is 0 Å². The van der Waals surface area contributed by atoms with Gasteiger partial charge in [0, 0.05) is 23.0 Å². The summed E-state index contributed by atoms with van der Waals surface area (Å²) in [6, 6.07) is 12.5. The highest BCUT2D eigenvalue weighted by Crippen LogP contribution is 2.54. The summed E-state index contributed by atoms with van der Waals surface area (Å²) in [4.78, 5) is 13.2. The maximum Gasteiger partial charge on any atom is 0.123 e. The van der Waals surface area contributed by atoms with Crippen molar-refractivity contribution in [2.24, 2.45) is 0 Å². The Bertz CT molecular complexity index is 663. The molecule has 3 aromatic heterocycles. The molecule has 0 fully saturated rings. The Balaban J connectivity index is 2.13. The van der Waals surface area contributed by atoms with Crippen LogP contribution in [0.15, 0.2) is 73.6 Å². The van der Waals surface area contributed by atoms with Gasteiger partial charge >= 0.3 is 0 Å². The molecule has 0 unspecified atom stereocenters. The lowest BCUT2D eigenvalue weighted by atomic mass is 10.5. The van der Waals surface area contributed by atoms with Crippen molar-refractivity contribution in [1.29, 1.82) is 0 Å². The Kier molecular flexibility index (Phi) is 6.84. The number of hydrogen-bond acceptors (Lipinski definition) is 4. The second-order valence-corrected chi connectivity index (χ2v) is 10.2. The molecule has 0 spiro atoms. The molecule has 0 aliphatic carbocycles. The van der Waals surface area contributed by atoms with E-state index in [0.717, 1.165) is 17.2 Å². The molecule has 3 rings (SSSR count). The quantitative estimate of drug-likeness (QED) is 0.224. The van der Waals surface area contributed by atoms with Crippen molar-refractivity contribution in [3.63, 3.8) is 0 Å². The maximum atomic E-state index is 5.86. The molecule has 3 heterocycles. The highest BCUT2D eigenvalue weighted by Gasteiger charge is 2.45. The lowest BCUT2D eigenvalue weighted by molar-refractivity contribution is 0.168. The predicted octanol–water partition coefficient (Wildman–Crippen LogP) is 2.62. The van der Waals surface area contributed by atoms with Crippen LogP contribution in [0.1, 0.15) is 0 Å². The van der Waals surface area contributed by atoms with Crippen LogP contribution in [-0.2, 0) is 4.74 Å². The number of hydrogen-bond donors (Lipinski definition) is 0. The minimum Gasteiger partial charge on any atom is -0.377 e. The van der Waals surface area contributed by atoms with Gasteiger partial charge in [0.25, 0.3) is 0 Å². The van der Waals surface area contributed by atoms with E-state index < -0.39 is 7.26 Å². The standard InChI is InChI=1S/C19H20IN3OP/c20-7-11-24-12-13-25(17-4-1-8-21-14-17,18-5-2-9-22-15-18)19-6-3-10-23-16-19/h1-6,8-10,14-16H,7,11-13H2/q+1/i20-3. The predicted molar refractivity (Wildman–Crippen MR) is 113 cm³/mol. The number of nitrogens with zero attached hydrogens (tertiary/aromatic N) is 3. The summed E-state index contributed by atoms with van der Waals surface area (Å²) < 4.78 is 6.86. The van der Waals surface area contributed by atoms with Crippen molar-refractivity contribution in [3.8, 4) is 0 Å². The Hall–Kier alpha value is -1.43. The number of alkyl halides is 1. The molecule has 6 heteroatoms. The number of halogens is 1.